The Bertz CT molecular complexity index is 619. The number of piperidine rings is 2. The van der Waals surface area contributed by atoms with E-state index in [1.165, 1.54) is 18.4 Å². The zero-order valence-electron chi connectivity index (χ0n) is 18.2. The number of pyridine rings is 1. The lowest BCUT2D eigenvalue weighted by Gasteiger charge is -2.42. The van der Waals surface area contributed by atoms with Gasteiger partial charge < -0.3 is 4.90 Å². The van der Waals surface area contributed by atoms with E-state index in [1.54, 1.807) is 0 Å². The van der Waals surface area contributed by atoms with E-state index in [4.69, 9.17) is 0 Å². The fourth-order valence-corrected chi connectivity index (χ4v) is 4.83. The Labute approximate surface area is 171 Å². The van der Waals surface area contributed by atoms with Crippen LogP contribution < -0.4 is 0 Å². The van der Waals surface area contributed by atoms with Gasteiger partial charge in [0.2, 0.25) is 5.91 Å². The minimum Gasteiger partial charge on any atom is -0.345 e. The highest BCUT2D eigenvalue weighted by atomic mass is 16.2. The third kappa shape index (κ3) is 6.02. The number of carbonyl (C=O) groups is 1. The van der Waals surface area contributed by atoms with Crippen LogP contribution in [0.4, 0.5) is 0 Å². The molecule has 0 aromatic carbocycles. The molecule has 28 heavy (non-hydrogen) atoms. The number of hydrogen-bond donors (Lipinski definition) is 0. The topological polar surface area (TPSA) is 39.7 Å². The smallest absolute Gasteiger partial charge is 0.226 e. The van der Waals surface area contributed by atoms with Crippen LogP contribution in [0.15, 0.2) is 24.5 Å². The highest BCUT2D eigenvalue weighted by Gasteiger charge is 2.33. The van der Waals surface area contributed by atoms with Crippen molar-refractivity contribution in [3.63, 3.8) is 0 Å². The molecule has 0 saturated carbocycles. The second-order valence-electron chi connectivity index (χ2n) is 9.96. The van der Waals surface area contributed by atoms with Crippen molar-refractivity contribution in [1.82, 2.24) is 19.7 Å². The van der Waals surface area contributed by atoms with E-state index in [-0.39, 0.29) is 11.3 Å². The third-order valence-corrected chi connectivity index (χ3v) is 6.09. The number of hydrogen-bond acceptors (Lipinski definition) is 4. The minimum absolute atomic E-state index is 0.153. The first kappa shape index (κ1) is 21.3. The van der Waals surface area contributed by atoms with Gasteiger partial charge in [0.25, 0.3) is 0 Å². The predicted molar refractivity (Wildman–Crippen MR) is 114 cm³/mol. The Balaban J connectivity index is 1.48. The maximum Gasteiger partial charge on any atom is 0.226 e. The van der Waals surface area contributed by atoms with E-state index in [2.05, 4.69) is 41.6 Å². The molecule has 156 valence electrons. The average Bonchev–Trinajstić information content (AvgIpc) is 2.67. The molecule has 1 amide bonds. The summed E-state index contributed by atoms with van der Waals surface area (Å²) >= 11 is 0. The maximum atomic E-state index is 12.9. The largest absolute Gasteiger partial charge is 0.345 e. The Morgan fingerprint density at radius 2 is 1.96 bits per heavy atom. The van der Waals surface area contributed by atoms with E-state index >= 15 is 0 Å². The number of nitrogens with zero attached hydrogens (tertiary/aromatic N) is 4. The zero-order valence-corrected chi connectivity index (χ0v) is 18.2. The van der Waals surface area contributed by atoms with Crippen LogP contribution in [0.2, 0.25) is 0 Å². The first-order valence-corrected chi connectivity index (χ1v) is 10.9. The summed E-state index contributed by atoms with van der Waals surface area (Å²) < 4.78 is 0. The van der Waals surface area contributed by atoms with Crippen LogP contribution in [-0.4, -0.2) is 71.4 Å². The van der Waals surface area contributed by atoms with Crippen molar-refractivity contribution in [2.45, 2.75) is 59.0 Å². The quantitative estimate of drug-likeness (QED) is 0.779. The fourth-order valence-electron chi connectivity index (χ4n) is 4.83. The van der Waals surface area contributed by atoms with Gasteiger partial charge in [0.1, 0.15) is 0 Å². The fraction of sp³-hybridized carbons (Fsp3) is 0.739. The lowest BCUT2D eigenvalue weighted by Crippen LogP contribution is -2.51. The molecule has 2 aliphatic heterocycles. The third-order valence-electron chi connectivity index (χ3n) is 6.09. The molecule has 3 rings (SSSR count). The lowest BCUT2D eigenvalue weighted by molar-refractivity contribution is -0.137. The molecule has 1 unspecified atom stereocenters. The number of rotatable bonds is 5. The van der Waals surface area contributed by atoms with Gasteiger partial charge in [-0.25, -0.2) is 0 Å². The Hall–Kier alpha value is -1.46. The van der Waals surface area contributed by atoms with Gasteiger partial charge in [-0.3, -0.25) is 19.6 Å². The molecule has 1 atom stereocenters. The summed E-state index contributed by atoms with van der Waals surface area (Å²) in [4.78, 5) is 24.3. The van der Waals surface area contributed by atoms with E-state index in [0.29, 0.717) is 11.9 Å². The summed E-state index contributed by atoms with van der Waals surface area (Å²) in [5, 5.41) is 0. The molecule has 1 aromatic rings. The van der Waals surface area contributed by atoms with Gasteiger partial charge in [-0.1, -0.05) is 26.8 Å². The van der Waals surface area contributed by atoms with Crippen molar-refractivity contribution >= 4 is 5.91 Å². The van der Waals surface area contributed by atoms with Gasteiger partial charge in [0, 0.05) is 45.1 Å². The predicted octanol–water partition coefficient (Wildman–Crippen LogP) is 3.26. The Morgan fingerprint density at radius 1 is 1.21 bits per heavy atom. The molecule has 0 radical (unpaired) electrons. The van der Waals surface area contributed by atoms with Gasteiger partial charge in [-0.2, -0.15) is 0 Å². The molecule has 0 spiro atoms. The monoisotopic (exact) mass is 386 g/mol. The summed E-state index contributed by atoms with van der Waals surface area (Å²) in [6.45, 7) is 12.8. The van der Waals surface area contributed by atoms with Crippen LogP contribution in [0.3, 0.4) is 0 Å². The Morgan fingerprint density at radius 3 is 2.61 bits per heavy atom. The van der Waals surface area contributed by atoms with E-state index < -0.39 is 0 Å². The summed E-state index contributed by atoms with van der Waals surface area (Å²) in [6.07, 6.45) is 8.42. The van der Waals surface area contributed by atoms with Gasteiger partial charge in [-0.15, -0.1) is 0 Å². The van der Waals surface area contributed by atoms with Crippen molar-refractivity contribution in [2.75, 3.05) is 39.8 Å². The van der Waals surface area contributed by atoms with Crippen LogP contribution in [0.1, 0.15) is 52.0 Å². The second-order valence-corrected chi connectivity index (χ2v) is 9.96. The maximum absolute atomic E-state index is 12.9. The number of aromatic nitrogens is 1. The van der Waals surface area contributed by atoms with Gasteiger partial charge in [-0.05, 0) is 62.4 Å². The van der Waals surface area contributed by atoms with Gasteiger partial charge in [0.15, 0.2) is 0 Å². The molecule has 0 bridgehead atoms. The van der Waals surface area contributed by atoms with Crippen LogP contribution >= 0.6 is 0 Å². The summed E-state index contributed by atoms with van der Waals surface area (Å²) in [7, 11) is 1.98. The molecule has 2 saturated heterocycles. The standard InChI is InChI=1S/C23H38N4O/c1-23(2,3)18-25(4)22(28)20-8-6-12-27(17-20)21-9-13-26(14-10-21)16-19-7-5-11-24-15-19/h5,7,11,15,20-21H,6,8-10,12-14,16-18H2,1-4H3. The van der Waals surface area contributed by atoms with E-state index in [1.807, 2.05) is 30.4 Å². The van der Waals surface area contributed by atoms with Crippen LogP contribution in [-0.2, 0) is 11.3 Å². The average molecular weight is 387 g/mol. The van der Waals surface area contributed by atoms with Crippen molar-refractivity contribution in [2.24, 2.45) is 11.3 Å². The van der Waals surface area contributed by atoms with Gasteiger partial charge >= 0.3 is 0 Å². The summed E-state index contributed by atoms with van der Waals surface area (Å²) in [5.41, 5.74) is 1.45. The molecule has 2 fully saturated rings. The Kier molecular flexibility index (Phi) is 7.10. The molecular formula is C23H38N4O. The zero-order chi connectivity index (χ0) is 20.1. The number of amides is 1. The van der Waals surface area contributed by atoms with Gasteiger partial charge in [0.05, 0.1) is 5.92 Å². The SMILES string of the molecule is CN(CC(C)(C)C)C(=O)C1CCCN(C2CCN(Cc3cccnc3)CC2)C1. The summed E-state index contributed by atoms with van der Waals surface area (Å²) in [5.74, 6) is 0.517. The molecule has 3 heterocycles. The van der Waals surface area contributed by atoms with E-state index in [0.717, 1.165) is 52.1 Å². The van der Waals surface area contributed by atoms with Crippen molar-refractivity contribution in [3.05, 3.63) is 30.1 Å². The molecule has 0 aliphatic carbocycles. The lowest BCUT2D eigenvalue weighted by atomic mass is 9.91. The minimum atomic E-state index is 0.153. The van der Waals surface area contributed by atoms with Crippen LogP contribution in [0, 0.1) is 11.3 Å². The number of carbonyl (C=O) groups excluding carboxylic acids is 1. The number of likely N-dealkylation sites (tertiary alicyclic amines) is 2. The molecule has 5 nitrogen and oxygen atoms in total. The van der Waals surface area contributed by atoms with Crippen LogP contribution in [0.5, 0.6) is 0 Å². The normalized spacial score (nSPS) is 22.9. The first-order valence-electron chi connectivity index (χ1n) is 10.9. The van der Waals surface area contributed by atoms with Crippen molar-refractivity contribution in [1.29, 1.82) is 0 Å². The highest BCUT2D eigenvalue weighted by Crippen LogP contribution is 2.26. The highest BCUT2D eigenvalue weighted by molar-refractivity contribution is 5.79. The van der Waals surface area contributed by atoms with E-state index in [9.17, 15) is 4.79 Å². The molecule has 0 N–H and O–H groups in total. The summed E-state index contributed by atoms with van der Waals surface area (Å²) in [6, 6.07) is 4.81. The van der Waals surface area contributed by atoms with Crippen LogP contribution in [0.25, 0.3) is 0 Å². The molecule has 2 aliphatic rings. The second kappa shape index (κ2) is 9.36. The first-order chi connectivity index (χ1) is 13.3. The molecule has 5 heteroatoms. The van der Waals surface area contributed by atoms with Crippen molar-refractivity contribution < 1.29 is 4.79 Å². The molecule has 1 aromatic heterocycles. The van der Waals surface area contributed by atoms with Crippen molar-refractivity contribution in [3.8, 4) is 0 Å². The molecular weight excluding hydrogens is 348 g/mol.